The molecule has 4 N–H and O–H groups in total. The highest BCUT2D eigenvalue weighted by molar-refractivity contribution is 7.47. The summed E-state index contributed by atoms with van der Waals surface area (Å²) in [6, 6.07) is -1.47. The van der Waals surface area contributed by atoms with Gasteiger partial charge >= 0.3 is 19.8 Å². The third kappa shape index (κ3) is 33.3. The van der Waals surface area contributed by atoms with Crippen molar-refractivity contribution in [3.05, 3.63) is 0 Å². The van der Waals surface area contributed by atoms with Gasteiger partial charge in [-0.15, -0.1) is 0 Å². The molecule has 11 heteroatoms. The van der Waals surface area contributed by atoms with Crippen molar-refractivity contribution < 1.29 is 42.7 Å². The van der Waals surface area contributed by atoms with Crippen molar-refractivity contribution in [2.45, 2.75) is 193 Å². The number of carbonyl (C=O) groups is 2. The zero-order valence-corrected chi connectivity index (χ0v) is 31.0. The van der Waals surface area contributed by atoms with E-state index < -0.39 is 45.1 Å². The molecule has 0 saturated carbocycles. The number of aliphatic carboxylic acids is 1. The Labute approximate surface area is 287 Å². The van der Waals surface area contributed by atoms with Crippen molar-refractivity contribution in [3.63, 3.8) is 0 Å². The summed E-state index contributed by atoms with van der Waals surface area (Å²) in [7, 11) is -4.60. The standard InChI is InChI=1S/C36H72NO9P/c1-3-5-7-9-11-13-15-16-17-18-19-20-22-24-26-28-35(38)46-33(31-44-47(41,42)45-32-34(37)36(39)40)30-43-29-27-25-23-21-14-12-10-8-6-4-2/h33-34H,3-32,37H2,1-2H3,(H,39,40)(H,41,42). The molecule has 0 amide bonds. The molecular formula is C36H72NO9P. The van der Waals surface area contributed by atoms with E-state index in [0.717, 1.165) is 38.5 Å². The molecule has 47 heavy (non-hydrogen) atoms. The molecule has 0 aromatic carbocycles. The molecule has 0 radical (unpaired) electrons. The van der Waals surface area contributed by atoms with Crippen LogP contribution in [0, 0.1) is 0 Å². The van der Waals surface area contributed by atoms with E-state index in [-0.39, 0.29) is 13.0 Å². The number of phosphoric acid groups is 1. The summed E-state index contributed by atoms with van der Waals surface area (Å²) in [6.45, 7) is 3.88. The maximum atomic E-state index is 12.5. The summed E-state index contributed by atoms with van der Waals surface area (Å²) in [4.78, 5) is 33.3. The average Bonchev–Trinajstić information content (AvgIpc) is 3.04. The first-order valence-electron chi connectivity index (χ1n) is 19.1. The smallest absolute Gasteiger partial charge is 0.472 e. The van der Waals surface area contributed by atoms with Crippen molar-refractivity contribution in [1.82, 2.24) is 0 Å². The monoisotopic (exact) mass is 693 g/mol. The molecule has 0 saturated heterocycles. The van der Waals surface area contributed by atoms with E-state index in [1.165, 1.54) is 122 Å². The molecule has 10 nitrogen and oxygen atoms in total. The van der Waals surface area contributed by atoms with Crippen LogP contribution in [-0.4, -0.2) is 60.5 Å². The number of phosphoric ester groups is 1. The Morgan fingerprint density at radius 2 is 0.979 bits per heavy atom. The van der Waals surface area contributed by atoms with E-state index in [4.69, 9.17) is 24.8 Å². The molecule has 280 valence electrons. The number of nitrogens with two attached hydrogens (primary N) is 1. The minimum Gasteiger partial charge on any atom is -0.480 e. The van der Waals surface area contributed by atoms with Crippen LogP contribution in [-0.2, 0) is 32.7 Å². The Hall–Kier alpha value is -1.03. The third-order valence-electron chi connectivity index (χ3n) is 8.39. The molecule has 0 aromatic rings. The number of unbranched alkanes of at least 4 members (excludes halogenated alkanes) is 23. The second-order valence-corrected chi connectivity index (χ2v) is 14.5. The van der Waals surface area contributed by atoms with Crippen LogP contribution in [0.3, 0.4) is 0 Å². The first-order chi connectivity index (χ1) is 22.7. The van der Waals surface area contributed by atoms with Crippen LogP contribution in [0.25, 0.3) is 0 Å². The van der Waals surface area contributed by atoms with E-state index in [2.05, 4.69) is 18.4 Å². The van der Waals surface area contributed by atoms with Gasteiger partial charge in [0.05, 0.1) is 19.8 Å². The maximum absolute atomic E-state index is 12.5. The summed E-state index contributed by atoms with van der Waals surface area (Å²) in [5.74, 6) is -1.77. The summed E-state index contributed by atoms with van der Waals surface area (Å²) >= 11 is 0. The maximum Gasteiger partial charge on any atom is 0.472 e. The summed E-state index contributed by atoms with van der Waals surface area (Å²) < 4.78 is 33.2. The van der Waals surface area contributed by atoms with Crippen LogP contribution in [0.1, 0.15) is 181 Å². The summed E-state index contributed by atoms with van der Waals surface area (Å²) in [6.07, 6.45) is 30.1. The number of hydrogen-bond acceptors (Lipinski definition) is 8. The number of carboxylic acid groups (broad SMARTS) is 1. The molecule has 0 aromatic heterocycles. The lowest BCUT2D eigenvalue weighted by molar-refractivity contribution is -0.154. The summed E-state index contributed by atoms with van der Waals surface area (Å²) in [5, 5.41) is 8.85. The minimum atomic E-state index is -4.60. The van der Waals surface area contributed by atoms with E-state index in [1.807, 2.05) is 0 Å². The number of ether oxygens (including phenoxy) is 2. The molecule has 3 unspecified atom stereocenters. The largest absolute Gasteiger partial charge is 0.480 e. The van der Waals surface area contributed by atoms with Crippen molar-refractivity contribution in [1.29, 1.82) is 0 Å². The van der Waals surface area contributed by atoms with Gasteiger partial charge in [0.1, 0.15) is 12.1 Å². The van der Waals surface area contributed by atoms with Crippen LogP contribution >= 0.6 is 7.82 Å². The molecule has 0 rings (SSSR count). The number of carbonyl (C=O) groups excluding carboxylic acids is 1. The molecule has 0 aliphatic rings. The fourth-order valence-corrected chi connectivity index (χ4v) is 6.15. The molecule has 0 fully saturated rings. The van der Waals surface area contributed by atoms with Gasteiger partial charge in [-0.2, -0.15) is 0 Å². The van der Waals surface area contributed by atoms with Gasteiger partial charge in [-0.1, -0.05) is 162 Å². The predicted octanol–water partition coefficient (Wildman–Crippen LogP) is 9.64. The van der Waals surface area contributed by atoms with E-state index >= 15 is 0 Å². The van der Waals surface area contributed by atoms with Gasteiger partial charge in [-0.05, 0) is 12.8 Å². The normalized spacial score (nSPS) is 14.1. The first-order valence-corrected chi connectivity index (χ1v) is 20.6. The average molecular weight is 694 g/mol. The lowest BCUT2D eigenvalue weighted by Crippen LogP contribution is -2.34. The third-order valence-corrected chi connectivity index (χ3v) is 9.34. The van der Waals surface area contributed by atoms with Gasteiger partial charge < -0.3 is 25.2 Å². The van der Waals surface area contributed by atoms with Gasteiger partial charge in [0, 0.05) is 13.0 Å². The lowest BCUT2D eigenvalue weighted by Gasteiger charge is -2.20. The van der Waals surface area contributed by atoms with Gasteiger partial charge in [-0.25, -0.2) is 4.57 Å². The van der Waals surface area contributed by atoms with E-state index in [0.29, 0.717) is 6.61 Å². The van der Waals surface area contributed by atoms with E-state index in [1.54, 1.807) is 0 Å². The van der Waals surface area contributed by atoms with Crippen LogP contribution in [0.2, 0.25) is 0 Å². The summed E-state index contributed by atoms with van der Waals surface area (Å²) in [5.41, 5.74) is 5.33. The molecule has 0 aliphatic heterocycles. The second-order valence-electron chi connectivity index (χ2n) is 13.1. The molecule has 0 bridgehead atoms. The number of esters is 1. The second kappa shape index (κ2) is 33.5. The Kier molecular flexibility index (Phi) is 32.7. The first kappa shape index (κ1) is 46.0. The van der Waals surface area contributed by atoms with Crippen molar-refractivity contribution in [2.24, 2.45) is 5.73 Å². The molecule has 3 atom stereocenters. The highest BCUT2D eigenvalue weighted by Gasteiger charge is 2.27. The van der Waals surface area contributed by atoms with Crippen LogP contribution in [0.4, 0.5) is 0 Å². The van der Waals surface area contributed by atoms with Crippen molar-refractivity contribution in [3.8, 4) is 0 Å². The fraction of sp³-hybridized carbons (Fsp3) is 0.944. The quantitative estimate of drug-likeness (QED) is 0.0325. The number of rotatable bonds is 37. The van der Waals surface area contributed by atoms with Gasteiger partial charge in [0.25, 0.3) is 0 Å². The van der Waals surface area contributed by atoms with Gasteiger partial charge in [-0.3, -0.25) is 18.6 Å². The Morgan fingerprint density at radius 3 is 1.40 bits per heavy atom. The van der Waals surface area contributed by atoms with Crippen molar-refractivity contribution in [2.75, 3.05) is 26.4 Å². The number of hydrogen-bond donors (Lipinski definition) is 3. The highest BCUT2D eigenvalue weighted by Crippen LogP contribution is 2.43. The van der Waals surface area contributed by atoms with Gasteiger partial charge in [0.15, 0.2) is 0 Å². The topological polar surface area (TPSA) is 155 Å². The van der Waals surface area contributed by atoms with Gasteiger partial charge in [0.2, 0.25) is 0 Å². The lowest BCUT2D eigenvalue weighted by atomic mass is 10.0. The van der Waals surface area contributed by atoms with E-state index in [9.17, 15) is 19.0 Å². The molecule has 0 heterocycles. The molecule has 0 spiro atoms. The van der Waals surface area contributed by atoms with Crippen LogP contribution in [0.15, 0.2) is 0 Å². The van der Waals surface area contributed by atoms with Crippen LogP contribution < -0.4 is 5.73 Å². The highest BCUT2D eigenvalue weighted by atomic mass is 31.2. The Balaban J connectivity index is 4.25. The van der Waals surface area contributed by atoms with Crippen LogP contribution in [0.5, 0.6) is 0 Å². The molecule has 0 aliphatic carbocycles. The number of carboxylic acids is 1. The predicted molar refractivity (Wildman–Crippen MR) is 189 cm³/mol. The Morgan fingerprint density at radius 1 is 0.596 bits per heavy atom. The fourth-order valence-electron chi connectivity index (χ4n) is 5.37. The van der Waals surface area contributed by atoms with Crippen molar-refractivity contribution >= 4 is 19.8 Å². The Bertz CT molecular complexity index is 771. The zero-order chi connectivity index (χ0) is 34.9. The zero-order valence-electron chi connectivity index (χ0n) is 30.1. The minimum absolute atomic E-state index is 0.0245. The SMILES string of the molecule is CCCCCCCCCCCCCCCCCC(=O)OC(COCCCCCCCCCCCC)COP(=O)(O)OCC(N)C(=O)O. The molecular weight excluding hydrogens is 621 g/mol.